The van der Waals surface area contributed by atoms with E-state index in [0.717, 1.165) is 12.8 Å². The molecule has 1 nitrogen and oxygen atoms in total. The smallest absolute Gasteiger partial charge is 0.0586 e. The van der Waals surface area contributed by atoms with E-state index in [9.17, 15) is 0 Å². The first-order valence-electron chi connectivity index (χ1n) is 3.41. The van der Waals surface area contributed by atoms with Gasteiger partial charge in [0.15, 0.2) is 0 Å². The van der Waals surface area contributed by atoms with E-state index < -0.39 is 0 Å². The molecule has 0 radical (unpaired) electrons. The molecule has 0 amide bonds. The maximum absolute atomic E-state index is 9.16. The Hall–Kier alpha value is -0.560. The van der Waals surface area contributed by atoms with Gasteiger partial charge in [-0.15, -0.1) is 0 Å². The number of fused-ring (bicyclic) bond motifs is 1. The van der Waals surface area contributed by atoms with Crippen LogP contribution in [-0.4, -0.2) is 11.2 Å². The molecule has 0 heterocycles. The third-order valence-corrected chi connectivity index (χ3v) is 2.13. The second-order valence-electron chi connectivity index (χ2n) is 2.83. The van der Waals surface area contributed by atoms with Crippen molar-refractivity contribution in [2.75, 3.05) is 0 Å². The Labute approximate surface area is 54.7 Å². The van der Waals surface area contributed by atoms with Gasteiger partial charge < -0.3 is 5.11 Å². The number of rotatable bonds is 0. The quantitative estimate of drug-likeness (QED) is 0.512. The fraction of sp³-hybridized carbons (Fsp3) is 0.500. The van der Waals surface area contributed by atoms with E-state index in [4.69, 9.17) is 5.11 Å². The Balaban J connectivity index is 2.21. The van der Waals surface area contributed by atoms with Crippen LogP contribution in [0, 0.1) is 5.92 Å². The zero-order valence-electron chi connectivity index (χ0n) is 5.25. The van der Waals surface area contributed by atoms with Gasteiger partial charge in [-0.05, 0) is 12.8 Å². The Morgan fingerprint density at radius 2 is 2.44 bits per heavy atom. The van der Waals surface area contributed by atoms with Gasteiger partial charge >= 0.3 is 0 Å². The Kier molecular flexibility index (Phi) is 0.995. The molecule has 0 aromatic carbocycles. The van der Waals surface area contributed by atoms with Crippen LogP contribution in [0.25, 0.3) is 0 Å². The molecule has 1 fully saturated rings. The van der Waals surface area contributed by atoms with E-state index in [1.165, 1.54) is 5.57 Å². The normalized spacial score (nSPS) is 39.0. The summed E-state index contributed by atoms with van der Waals surface area (Å²) >= 11 is 0. The van der Waals surface area contributed by atoms with Crippen molar-refractivity contribution in [2.45, 2.75) is 18.9 Å². The van der Waals surface area contributed by atoms with Crippen LogP contribution in [0.3, 0.4) is 0 Å². The summed E-state index contributed by atoms with van der Waals surface area (Å²) in [4.78, 5) is 0. The monoisotopic (exact) mass is 122 g/mol. The van der Waals surface area contributed by atoms with Gasteiger partial charge in [0.25, 0.3) is 0 Å². The van der Waals surface area contributed by atoms with Crippen molar-refractivity contribution in [1.29, 1.82) is 0 Å². The molecule has 0 aromatic heterocycles. The third-order valence-electron chi connectivity index (χ3n) is 2.13. The van der Waals surface area contributed by atoms with E-state index in [1.54, 1.807) is 0 Å². The maximum atomic E-state index is 9.16. The fourth-order valence-corrected chi connectivity index (χ4v) is 1.66. The van der Waals surface area contributed by atoms with Crippen molar-refractivity contribution < 1.29 is 5.11 Å². The second-order valence-corrected chi connectivity index (χ2v) is 2.83. The summed E-state index contributed by atoms with van der Waals surface area (Å²) in [6, 6.07) is 0. The number of aliphatic hydroxyl groups excluding tert-OH is 1. The summed E-state index contributed by atoms with van der Waals surface area (Å²) in [6.07, 6.45) is 8.17. The molecule has 1 saturated carbocycles. The number of hydrogen-bond donors (Lipinski definition) is 1. The van der Waals surface area contributed by atoms with E-state index in [2.05, 4.69) is 18.2 Å². The van der Waals surface area contributed by atoms with Gasteiger partial charge in [0.1, 0.15) is 0 Å². The molecule has 2 rings (SSSR count). The number of aliphatic hydroxyl groups is 1. The number of allylic oxidation sites excluding steroid dienone is 3. The summed E-state index contributed by atoms with van der Waals surface area (Å²) in [5, 5.41) is 9.16. The minimum absolute atomic E-state index is 0.0637. The summed E-state index contributed by atoms with van der Waals surface area (Å²) in [7, 11) is 0. The van der Waals surface area contributed by atoms with Crippen molar-refractivity contribution in [3.8, 4) is 0 Å². The van der Waals surface area contributed by atoms with E-state index >= 15 is 0 Å². The van der Waals surface area contributed by atoms with Gasteiger partial charge in [0.2, 0.25) is 0 Å². The van der Waals surface area contributed by atoms with Crippen molar-refractivity contribution in [3.63, 3.8) is 0 Å². The molecule has 0 bridgehead atoms. The van der Waals surface area contributed by atoms with Gasteiger partial charge in [-0.3, -0.25) is 0 Å². The van der Waals surface area contributed by atoms with Crippen LogP contribution in [0.4, 0.5) is 0 Å². The molecular formula is C8H10O. The molecule has 2 aliphatic rings. The largest absolute Gasteiger partial charge is 0.393 e. The van der Waals surface area contributed by atoms with E-state index in [1.807, 2.05) is 0 Å². The highest BCUT2D eigenvalue weighted by Crippen LogP contribution is 2.35. The molecule has 1 N–H and O–H groups in total. The molecular weight excluding hydrogens is 112 g/mol. The molecule has 2 atom stereocenters. The van der Waals surface area contributed by atoms with Gasteiger partial charge in [0.05, 0.1) is 6.10 Å². The molecule has 0 aliphatic heterocycles. The standard InChI is InChI=1S/C8H10O/c9-8-4-6-2-1-3-7(6)5-8/h1-3,6,8-9H,4-5H2. The topological polar surface area (TPSA) is 20.2 Å². The van der Waals surface area contributed by atoms with Crippen LogP contribution >= 0.6 is 0 Å². The molecule has 1 heteroatoms. The Bertz CT molecular complexity index is 179. The molecule has 9 heavy (non-hydrogen) atoms. The Morgan fingerprint density at radius 3 is 3.22 bits per heavy atom. The summed E-state index contributed by atoms with van der Waals surface area (Å²) in [5.74, 6) is 0.583. The lowest BCUT2D eigenvalue weighted by Gasteiger charge is -1.97. The minimum Gasteiger partial charge on any atom is -0.393 e. The van der Waals surface area contributed by atoms with Crippen molar-refractivity contribution in [1.82, 2.24) is 0 Å². The van der Waals surface area contributed by atoms with Gasteiger partial charge in [-0.2, -0.15) is 0 Å². The first kappa shape index (κ1) is 5.24. The van der Waals surface area contributed by atoms with Crippen LogP contribution in [-0.2, 0) is 0 Å². The van der Waals surface area contributed by atoms with Crippen molar-refractivity contribution in [3.05, 3.63) is 23.8 Å². The lowest BCUT2D eigenvalue weighted by molar-refractivity contribution is 0.182. The van der Waals surface area contributed by atoms with Gasteiger partial charge in [-0.25, -0.2) is 0 Å². The van der Waals surface area contributed by atoms with E-state index in [-0.39, 0.29) is 6.10 Å². The summed E-state index contributed by atoms with van der Waals surface area (Å²) in [6.45, 7) is 0. The molecule has 2 aliphatic carbocycles. The highest BCUT2D eigenvalue weighted by atomic mass is 16.3. The number of hydrogen-bond acceptors (Lipinski definition) is 1. The third kappa shape index (κ3) is 0.724. The van der Waals surface area contributed by atoms with E-state index in [0.29, 0.717) is 5.92 Å². The SMILES string of the molecule is OC1CC2=CC=CC2C1. The highest BCUT2D eigenvalue weighted by molar-refractivity contribution is 5.30. The van der Waals surface area contributed by atoms with Gasteiger partial charge in [-0.1, -0.05) is 23.8 Å². The average molecular weight is 122 g/mol. The predicted molar refractivity (Wildman–Crippen MR) is 36.0 cm³/mol. The van der Waals surface area contributed by atoms with Crippen LogP contribution in [0.2, 0.25) is 0 Å². The first-order valence-corrected chi connectivity index (χ1v) is 3.41. The van der Waals surface area contributed by atoms with Crippen LogP contribution in [0.1, 0.15) is 12.8 Å². The Morgan fingerprint density at radius 1 is 1.56 bits per heavy atom. The van der Waals surface area contributed by atoms with Crippen LogP contribution < -0.4 is 0 Å². The zero-order valence-corrected chi connectivity index (χ0v) is 5.25. The maximum Gasteiger partial charge on any atom is 0.0586 e. The van der Waals surface area contributed by atoms with Crippen molar-refractivity contribution in [2.24, 2.45) is 5.92 Å². The predicted octanol–water partition coefficient (Wildman–Crippen LogP) is 1.25. The molecule has 0 spiro atoms. The first-order chi connectivity index (χ1) is 4.36. The second kappa shape index (κ2) is 1.71. The fourth-order valence-electron chi connectivity index (χ4n) is 1.66. The lowest BCUT2D eigenvalue weighted by Crippen LogP contribution is -1.97. The summed E-state index contributed by atoms with van der Waals surface area (Å²) < 4.78 is 0. The van der Waals surface area contributed by atoms with Crippen LogP contribution in [0.15, 0.2) is 23.8 Å². The zero-order chi connectivity index (χ0) is 6.27. The van der Waals surface area contributed by atoms with Crippen LogP contribution in [0.5, 0.6) is 0 Å². The molecule has 48 valence electrons. The molecule has 2 unspecified atom stereocenters. The highest BCUT2D eigenvalue weighted by Gasteiger charge is 2.26. The average Bonchev–Trinajstić information content (AvgIpc) is 2.22. The minimum atomic E-state index is -0.0637. The molecule has 0 saturated heterocycles. The van der Waals surface area contributed by atoms with Gasteiger partial charge in [0, 0.05) is 5.92 Å². The molecule has 0 aromatic rings. The van der Waals surface area contributed by atoms with Crippen molar-refractivity contribution >= 4 is 0 Å². The summed E-state index contributed by atoms with van der Waals surface area (Å²) in [5.41, 5.74) is 1.42. The lowest BCUT2D eigenvalue weighted by atomic mass is 10.1.